The average Bonchev–Trinajstić information content (AvgIpc) is 2.38. The molecule has 19 heavy (non-hydrogen) atoms. The highest BCUT2D eigenvalue weighted by molar-refractivity contribution is 6.18. The Hall–Kier alpha value is -0.970. The molecule has 0 aliphatic rings. The van der Waals surface area contributed by atoms with Crippen molar-refractivity contribution in [2.45, 2.75) is 38.9 Å². The molecule has 0 amide bonds. The SMILES string of the molecule is CCC(CC)N(CCCl)c1cccc(C(F)(F)F)n1. The maximum Gasteiger partial charge on any atom is 0.433 e. The summed E-state index contributed by atoms with van der Waals surface area (Å²) >= 11 is 5.74. The zero-order valence-electron chi connectivity index (χ0n) is 11.0. The van der Waals surface area contributed by atoms with E-state index in [9.17, 15) is 13.2 Å². The summed E-state index contributed by atoms with van der Waals surface area (Å²) in [6.45, 7) is 4.49. The molecule has 0 bridgehead atoms. The Balaban J connectivity index is 3.09. The molecule has 1 aromatic heterocycles. The minimum Gasteiger partial charge on any atom is -0.352 e. The number of aromatic nitrogens is 1. The second kappa shape index (κ2) is 6.98. The first-order valence-electron chi connectivity index (χ1n) is 6.30. The van der Waals surface area contributed by atoms with E-state index in [-0.39, 0.29) is 6.04 Å². The van der Waals surface area contributed by atoms with Crippen LogP contribution in [0, 0.1) is 0 Å². The summed E-state index contributed by atoms with van der Waals surface area (Å²) in [6, 6.07) is 4.11. The number of hydrogen-bond acceptors (Lipinski definition) is 2. The third kappa shape index (κ3) is 4.27. The molecule has 108 valence electrons. The van der Waals surface area contributed by atoms with Crippen LogP contribution in [-0.2, 0) is 6.18 Å². The molecule has 0 saturated carbocycles. The number of halogens is 4. The van der Waals surface area contributed by atoms with Gasteiger partial charge in [-0.2, -0.15) is 13.2 Å². The van der Waals surface area contributed by atoms with Crippen molar-refractivity contribution in [3.05, 3.63) is 23.9 Å². The van der Waals surface area contributed by atoms with Crippen LogP contribution in [0.15, 0.2) is 18.2 Å². The average molecular weight is 295 g/mol. The lowest BCUT2D eigenvalue weighted by molar-refractivity contribution is -0.141. The summed E-state index contributed by atoms with van der Waals surface area (Å²) in [5.41, 5.74) is -0.865. The Morgan fingerprint density at radius 2 is 1.89 bits per heavy atom. The zero-order chi connectivity index (χ0) is 14.5. The fraction of sp³-hybridized carbons (Fsp3) is 0.615. The summed E-state index contributed by atoms with van der Waals surface area (Å²) in [4.78, 5) is 5.57. The van der Waals surface area contributed by atoms with Gasteiger partial charge in [0.05, 0.1) is 0 Å². The highest BCUT2D eigenvalue weighted by Gasteiger charge is 2.33. The van der Waals surface area contributed by atoms with Crippen LogP contribution in [-0.4, -0.2) is 23.5 Å². The molecule has 1 aromatic rings. The summed E-state index contributed by atoms with van der Waals surface area (Å²) in [7, 11) is 0. The van der Waals surface area contributed by atoms with Crippen molar-refractivity contribution in [3.8, 4) is 0 Å². The van der Waals surface area contributed by atoms with Gasteiger partial charge in [0.2, 0.25) is 0 Å². The molecule has 2 nitrogen and oxygen atoms in total. The Morgan fingerprint density at radius 3 is 2.37 bits per heavy atom. The van der Waals surface area contributed by atoms with Gasteiger partial charge in [-0.25, -0.2) is 4.98 Å². The van der Waals surface area contributed by atoms with E-state index < -0.39 is 11.9 Å². The highest BCUT2D eigenvalue weighted by Crippen LogP contribution is 2.29. The third-order valence-corrected chi connectivity index (χ3v) is 3.20. The largest absolute Gasteiger partial charge is 0.433 e. The summed E-state index contributed by atoms with van der Waals surface area (Å²) in [5, 5.41) is 0. The Bertz CT molecular complexity index is 392. The number of hydrogen-bond donors (Lipinski definition) is 0. The maximum atomic E-state index is 12.7. The first-order chi connectivity index (χ1) is 8.93. The Labute approximate surface area is 116 Å². The topological polar surface area (TPSA) is 16.1 Å². The molecule has 1 rings (SSSR count). The lowest BCUT2D eigenvalue weighted by atomic mass is 10.1. The first kappa shape index (κ1) is 16.1. The van der Waals surface area contributed by atoms with E-state index in [0.717, 1.165) is 18.9 Å². The van der Waals surface area contributed by atoms with Crippen molar-refractivity contribution >= 4 is 17.4 Å². The van der Waals surface area contributed by atoms with Gasteiger partial charge in [-0.05, 0) is 25.0 Å². The van der Waals surface area contributed by atoms with E-state index in [4.69, 9.17) is 11.6 Å². The molecule has 0 atom stereocenters. The van der Waals surface area contributed by atoms with E-state index in [1.165, 1.54) is 6.07 Å². The molecule has 0 unspecified atom stereocenters. The normalized spacial score (nSPS) is 11.9. The van der Waals surface area contributed by atoms with Crippen LogP contribution in [0.2, 0.25) is 0 Å². The number of rotatable bonds is 6. The fourth-order valence-electron chi connectivity index (χ4n) is 2.05. The molecule has 1 heterocycles. The van der Waals surface area contributed by atoms with Crippen LogP contribution in [0.3, 0.4) is 0 Å². The van der Waals surface area contributed by atoms with Crippen molar-refractivity contribution in [1.82, 2.24) is 4.98 Å². The van der Waals surface area contributed by atoms with Crippen LogP contribution in [0.4, 0.5) is 19.0 Å². The minimum atomic E-state index is -4.42. The molecule has 0 radical (unpaired) electrons. The maximum absolute atomic E-state index is 12.7. The Kier molecular flexibility index (Phi) is 5.91. The van der Waals surface area contributed by atoms with Crippen molar-refractivity contribution < 1.29 is 13.2 Å². The number of pyridine rings is 1. The van der Waals surface area contributed by atoms with Crippen molar-refractivity contribution in [2.24, 2.45) is 0 Å². The number of anilines is 1. The van der Waals surface area contributed by atoms with E-state index >= 15 is 0 Å². The zero-order valence-corrected chi connectivity index (χ0v) is 11.8. The van der Waals surface area contributed by atoms with Crippen molar-refractivity contribution in [2.75, 3.05) is 17.3 Å². The second-order valence-electron chi connectivity index (χ2n) is 4.23. The molecule has 0 aromatic carbocycles. The predicted molar refractivity (Wildman–Crippen MR) is 71.7 cm³/mol. The summed E-state index contributed by atoms with van der Waals surface area (Å²) < 4.78 is 38.0. The molecule has 0 spiro atoms. The quantitative estimate of drug-likeness (QED) is 0.726. The van der Waals surface area contributed by atoms with Crippen LogP contribution in [0.1, 0.15) is 32.4 Å². The molecule has 0 N–H and O–H groups in total. The van der Waals surface area contributed by atoms with E-state index in [0.29, 0.717) is 18.2 Å². The van der Waals surface area contributed by atoms with Gasteiger partial charge >= 0.3 is 6.18 Å². The summed E-state index contributed by atoms with van der Waals surface area (Å²) in [5.74, 6) is 0.693. The molecule has 0 aliphatic carbocycles. The van der Waals surface area contributed by atoms with Crippen LogP contribution in [0.5, 0.6) is 0 Å². The monoisotopic (exact) mass is 294 g/mol. The van der Waals surface area contributed by atoms with Gasteiger partial charge in [-0.3, -0.25) is 0 Å². The van der Waals surface area contributed by atoms with Crippen LogP contribution in [0.25, 0.3) is 0 Å². The molecule has 0 saturated heterocycles. The third-order valence-electron chi connectivity index (χ3n) is 3.03. The van der Waals surface area contributed by atoms with Crippen molar-refractivity contribution in [3.63, 3.8) is 0 Å². The van der Waals surface area contributed by atoms with E-state index in [1.807, 2.05) is 18.7 Å². The molecule has 6 heteroatoms. The lowest BCUT2D eigenvalue weighted by Gasteiger charge is -2.31. The second-order valence-corrected chi connectivity index (χ2v) is 4.61. The fourth-order valence-corrected chi connectivity index (χ4v) is 2.23. The smallest absolute Gasteiger partial charge is 0.352 e. The van der Waals surface area contributed by atoms with Crippen molar-refractivity contribution in [1.29, 1.82) is 0 Å². The summed E-state index contributed by atoms with van der Waals surface area (Å²) in [6.07, 6.45) is -2.74. The van der Waals surface area contributed by atoms with Gasteiger partial charge in [0, 0.05) is 18.5 Å². The Morgan fingerprint density at radius 1 is 1.26 bits per heavy atom. The van der Waals surface area contributed by atoms with Gasteiger partial charge in [-0.1, -0.05) is 19.9 Å². The van der Waals surface area contributed by atoms with Gasteiger partial charge < -0.3 is 4.90 Å². The van der Waals surface area contributed by atoms with Crippen LogP contribution >= 0.6 is 11.6 Å². The lowest BCUT2D eigenvalue weighted by Crippen LogP contribution is -2.37. The molecular weight excluding hydrogens is 277 g/mol. The highest BCUT2D eigenvalue weighted by atomic mass is 35.5. The van der Waals surface area contributed by atoms with Gasteiger partial charge in [0.25, 0.3) is 0 Å². The standard InChI is InChI=1S/C13H18ClF3N2/c1-3-10(4-2)19(9-8-14)12-7-5-6-11(18-12)13(15,16)17/h5-7,10H,3-4,8-9H2,1-2H3. The molecular formula is C13H18ClF3N2. The predicted octanol–water partition coefficient (Wildman–Crippen LogP) is 4.33. The minimum absolute atomic E-state index is 0.148. The number of nitrogens with zero attached hydrogens (tertiary/aromatic N) is 2. The van der Waals surface area contributed by atoms with Gasteiger partial charge in [0.1, 0.15) is 11.5 Å². The molecule has 0 fully saturated rings. The molecule has 0 aliphatic heterocycles. The van der Waals surface area contributed by atoms with E-state index in [1.54, 1.807) is 6.07 Å². The first-order valence-corrected chi connectivity index (χ1v) is 6.84. The van der Waals surface area contributed by atoms with Gasteiger partial charge in [-0.15, -0.1) is 11.6 Å². The van der Waals surface area contributed by atoms with Crippen LogP contribution < -0.4 is 4.90 Å². The van der Waals surface area contributed by atoms with Gasteiger partial charge in [0.15, 0.2) is 0 Å². The van der Waals surface area contributed by atoms with E-state index in [2.05, 4.69) is 4.98 Å². The number of alkyl halides is 4.